The summed E-state index contributed by atoms with van der Waals surface area (Å²) >= 11 is 0. The molecule has 21 heavy (non-hydrogen) atoms. The highest BCUT2D eigenvalue weighted by Gasteiger charge is 2.22. The number of carboxylic acid groups (broad SMARTS) is 1. The van der Waals surface area contributed by atoms with Gasteiger partial charge in [-0.2, -0.15) is 0 Å². The number of rotatable bonds is 6. The monoisotopic (exact) mass is 292 g/mol. The number of aliphatic carboxylic acids is 1. The van der Waals surface area contributed by atoms with Gasteiger partial charge in [0.15, 0.2) is 0 Å². The van der Waals surface area contributed by atoms with Crippen LogP contribution >= 0.6 is 0 Å². The van der Waals surface area contributed by atoms with Crippen molar-refractivity contribution in [3.05, 3.63) is 47.5 Å². The van der Waals surface area contributed by atoms with Crippen LogP contribution in [0.15, 0.2) is 30.5 Å². The van der Waals surface area contributed by atoms with E-state index in [1.165, 1.54) is 12.1 Å². The third kappa shape index (κ3) is 4.09. The van der Waals surface area contributed by atoms with Gasteiger partial charge in [0.2, 0.25) is 0 Å². The maximum atomic E-state index is 12.9. The van der Waals surface area contributed by atoms with Gasteiger partial charge in [-0.05, 0) is 24.6 Å². The molecule has 0 amide bonds. The van der Waals surface area contributed by atoms with Crippen molar-refractivity contribution in [3.63, 3.8) is 0 Å². The number of carboxylic acids is 1. The van der Waals surface area contributed by atoms with E-state index in [9.17, 15) is 14.3 Å². The molecule has 1 aromatic carbocycles. The fourth-order valence-corrected chi connectivity index (χ4v) is 1.99. The maximum Gasteiger partial charge on any atom is 0.320 e. The lowest BCUT2D eigenvalue weighted by molar-refractivity contribution is -0.143. The van der Waals surface area contributed by atoms with Crippen molar-refractivity contribution >= 4 is 5.97 Å². The van der Waals surface area contributed by atoms with Crippen LogP contribution in [0.2, 0.25) is 0 Å². The Hall–Kier alpha value is -2.28. The second kappa shape index (κ2) is 6.45. The van der Waals surface area contributed by atoms with Crippen LogP contribution in [0.5, 0.6) is 0 Å². The van der Waals surface area contributed by atoms with Crippen LogP contribution in [0.25, 0.3) is 0 Å². The maximum absolute atomic E-state index is 12.9. The topological polar surface area (TPSA) is 71.2 Å². The highest BCUT2D eigenvalue weighted by atomic mass is 19.1. The van der Waals surface area contributed by atoms with Gasteiger partial charge in [0.1, 0.15) is 11.9 Å². The van der Waals surface area contributed by atoms with Crippen molar-refractivity contribution in [1.82, 2.24) is 19.9 Å². The van der Waals surface area contributed by atoms with Gasteiger partial charge in [-0.15, -0.1) is 5.10 Å². The quantitative estimate of drug-likeness (QED) is 0.872. The number of hydrogen-bond donors (Lipinski definition) is 1. The third-order valence-corrected chi connectivity index (χ3v) is 3.22. The molecule has 0 spiro atoms. The van der Waals surface area contributed by atoms with Gasteiger partial charge < -0.3 is 5.11 Å². The molecule has 0 fully saturated rings. The number of hydrogen-bond acceptors (Lipinski definition) is 4. The SMILES string of the molecule is CC(C(=O)O)N(Cc1ccc(F)cc1)Cc1cn(C)nn1. The minimum atomic E-state index is -0.916. The Kier molecular flexibility index (Phi) is 4.64. The number of nitrogens with zero attached hydrogens (tertiary/aromatic N) is 4. The summed E-state index contributed by atoms with van der Waals surface area (Å²) in [6, 6.07) is 5.33. The van der Waals surface area contributed by atoms with E-state index in [4.69, 9.17) is 0 Å². The number of aryl methyl sites for hydroxylation is 1. The number of carbonyl (C=O) groups is 1. The van der Waals surface area contributed by atoms with Crippen LogP contribution in [-0.2, 0) is 24.9 Å². The molecule has 0 saturated carbocycles. The summed E-state index contributed by atoms with van der Waals surface area (Å²) in [5, 5.41) is 17.0. The molecule has 0 bridgehead atoms. The average Bonchev–Trinajstić information content (AvgIpc) is 2.85. The van der Waals surface area contributed by atoms with Crippen molar-refractivity contribution in [2.75, 3.05) is 0 Å². The van der Waals surface area contributed by atoms with Gasteiger partial charge in [-0.25, -0.2) is 4.39 Å². The van der Waals surface area contributed by atoms with Gasteiger partial charge in [-0.1, -0.05) is 17.3 Å². The molecule has 0 aliphatic rings. The smallest absolute Gasteiger partial charge is 0.320 e. The van der Waals surface area contributed by atoms with E-state index in [0.717, 1.165) is 5.56 Å². The molecule has 0 aliphatic heterocycles. The van der Waals surface area contributed by atoms with Crippen molar-refractivity contribution < 1.29 is 14.3 Å². The molecule has 1 atom stereocenters. The number of benzene rings is 1. The lowest BCUT2D eigenvalue weighted by atomic mass is 10.1. The summed E-state index contributed by atoms with van der Waals surface area (Å²) in [6.45, 7) is 2.37. The summed E-state index contributed by atoms with van der Waals surface area (Å²) in [4.78, 5) is 13.0. The molecule has 7 heteroatoms. The fourth-order valence-electron chi connectivity index (χ4n) is 1.99. The first-order chi connectivity index (χ1) is 9.95. The molecular weight excluding hydrogens is 275 g/mol. The minimum absolute atomic E-state index is 0.314. The van der Waals surface area contributed by atoms with Crippen LogP contribution in [0.3, 0.4) is 0 Å². The van der Waals surface area contributed by atoms with Crippen molar-refractivity contribution in [2.24, 2.45) is 7.05 Å². The highest BCUT2D eigenvalue weighted by Crippen LogP contribution is 2.13. The van der Waals surface area contributed by atoms with E-state index in [0.29, 0.717) is 18.8 Å². The Bertz CT molecular complexity index is 612. The summed E-state index contributed by atoms with van der Waals surface area (Å²) < 4.78 is 14.5. The van der Waals surface area contributed by atoms with E-state index >= 15 is 0 Å². The van der Waals surface area contributed by atoms with E-state index in [2.05, 4.69) is 10.3 Å². The van der Waals surface area contributed by atoms with Gasteiger partial charge in [-0.3, -0.25) is 14.4 Å². The average molecular weight is 292 g/mol. The zero-order valence-corrected chi connectivity index (χ0v) is 11.9. The number of halogens is 1. The Morgan fingerprint density at radius 3 is 2.57 bits per heavy atom. The molecular formula is C14H17FN4O2. The molecule has 112 valence electrons. The molecule has 6 nitrogen and oxygen atoms in total. The second-order valence-electron chi connectivity index (χ2n) is 4.93. The van der Waals surface area contributed by atoms with Crippen LogP contribution in [0, 0.1) is 5.82 Å². The van der Waals surface area contributed by atoms with Crippen molar-refractivity contribution in [3.8, 4) is 0 Å². The van der Waals surface area contributed by atoms with E-state index in [1.54, 1.807) is 41.9 Å². The molecule has 0 aliphatic carbocycles. The molecule has 2 aromatic rings. The van der Waals surface area contributed by atoms with Crippen LogP contribution in [0.4, 0.5) is 4.39 Å². The minimum Gasteiger partial charge on any atom is -0.480 e. The fraction of sp³-hybridized carbons (Fsp3) is 0.357. The van der Waals surface area contributed by atoms with Crippen LogP contribution in [-0.4, -0.2) is 37.0 Å². The molecule has 0 radical (unpaired) electrons. The Balaban J connectivity index is 2.15. The molecule has 1 N–H and O–H groups in total. The van der Waals surface area contributed by atoms with Gasteiger partial charge >= 0.3 is 5.97 Å². The van der Waals surface area contributed by atoms with Gasteiger partial charge in [0.25, 0.3) is 0 Å². The summed E-state index contributed by atoms with van der Waals surface area (Å²) in [6.07, 6.45) is 1.74. The Morgan fingerprint density at radius 2 is 2.05 bits per heavy atom. The van der Waals surface area contributed by atoms with E-state index in [-0.39, 0.29) is 5.82 Å². The highest BCUT2D eigenvalue weighted by molar-refractivity contribution is 5.72. The van der Waals surface area contributed by atoms with E-state index < -0.39 is 12.0 Å². The second-order valence-corrected chi connectivity index (χ2v) is 4.93. The standard InChI is InChI=1S/C14H17FN4O2/c1-10(14(20)21)19(9-13-8-18(2)17-16-13)7-11-3-5-12(15)6-4-11/h3-6,8,10H,7,9H2,1-2H3,(H,20,21). The molecule has 1 heterocycles. The largest absolute Gasteiger partial charge is 0.480 e. The van der Waals surface area contributed by atoms with Crippen LogP contribution < -0.4 is 0 Å². The molecule has 1 aromatic heterocycles. The normalized spacial score (nSPS) is 12.6. The summed E-state index contributed by atoms with van der Waals surface area (Å²) in [7, 11) is 1.75. The Morgan fingerprint density at radius 1 is 1.38 bits per heavy atom. The first-order valence-electron chi connectivity index (χ1n) is 6.52. The third-order valence-electron chi connectivity index (χ3n) is 3.22. The van der Waals surface area contributed by atoms with E-state index in [1.807, 2.05) is 0 Å². The predicted molar refractivity (Wildman–Crippen MR) is 73.7 cm³/mol. The molecule has 2 rings (SSSR count). The lowest BCUT2D eigenvalue weighted by Crippen LogP contribution is -2.38. The zero-order valence-electron chi connectivity index (χ0n) is 11.9. The molecule has 0 saturated heterocycles. The van der Waals surface area contributed by atoms with Crippen molar-refractivity contribution in [1.29, 1.82) is 0 Å². The van der Waals surface area contributed by atoms with Gasteiger partial charge in [0.05, 0.1) is 5.69 Å². The number of aromatic nitrogens is 3. The first kappa shape index (κ1) is 15.1. The zero-order chi connectivity index (χ0) is 15.4. The lowest BCUT2D eigenvalue weighted by Gasteiger charge is -2.25. The summed E-state index contributed by atoms with van der Waals surface area (Å²) in [5.41, 5.74) is 1.53. The first-order valence-corrected chi connectivity index (χ1v) is 6.52. The summed E-state index contributed by atoms with van der Waals surface area (Å²) in [5.74, 6) is -1.23. The molecule has 1 unspecified atom stereocenters. The van der Waals surface area contributed by atoms with Gasteiger partial charge in [0, 0.05) is 26.3 Å². The van der Waals surface area contributed by atoms with Crippen LogP contribution in [0.1, 0.15) is 18.2 Å². The van der Waals surface area contributed by atoms with Crippen molar-refractivity contribution in [2.45, 2.75) is 26.1 Å². The Labute approximate surface area is 121 Å². The predicted octanol–water partition coefficient (Wildman–Crippen LogP) is 1.43.